The summed E-state index contributed by atoms with van der Waals surface area (Å²) in [5.41, 5.74) is 1.37. The third-order valence-corrected chi connectivity index (χ3v) is 3.01. The Kier molecular flexibility index (Phi) is 5.68. The molecule has 114 valence electrons. The summed E-state index contributed by atoms with van der Waals surface area (Å²) in [6.07, 6.45) is -0.173. The van der Waals surface area contributed by atoms with Crippen molar-refractivity contribution in [3.8, 4) is 0 Å². The smallest absolute Gasteiger partial charge is 0.305 e. The number of carbonyl (C=O) groups excluding carboxylic acids is 1. The van der Waals surface area contributed by atoms with Crippen LogP contribution in [-0.4, -0.2) is 28.6 Å². The summed E-state index contributed by atoms with van der Waals surface area (Å²) >= 11 is 0. The zero-order chi connectivity index (χ0) is 15.8. The van der Waals surface area contributed by atoms with Crippen molar-refractivity contribution < 1.29 is 19.5 Å². The average Bonchev–Trinajstić information content (AvgIpc) is 2.56. The molecule has 0 aromatic heterocycles. The lowest BCUT2D eigenvalue weighted by Crippen LogP contribution is -2.33. The van der Waals surface area contributed by atoms with E-state index in [0.717, 1.165) is 10.6 Å². The molecule has 2 aromatic carbocycles. The van der Waals surface area contributed by atoms with Gasteiger partial charge in [-0.25, -0.2) is 5.06 Å². The van der Waals surface area contributed by atoms with Gasteiger partial charge < -0.3 is 5.11 Å². The van der Waals surface area contributed by atoms with Crippen LogP contribution in [0.3, 0.4) is 0 Å². The molecule has 0 atom stereocenters. The number of aliphatic carboxylic acids is 1. The summed E-state index contributed by atoms with van der Waals surface area (Å²) in [7, 11) is 0. The summed E-state index contributed by atoms with van der Waals surface area (Å²) in [5.74, 6) is -1.33. The van der Waals surface area contributed by atoms with Crippen molar-refractivity contribution in [2.75, 3.05) is 6.54 Å². The summed E-state index contributed by atoms with van der Waals surface area (Å²) in [5, 5.41) is 9.91. The number of benzene rings is 2. The Morgan fingerprint density at radius 1 is 0.955 bits per heavy atom. The van der Waals surface area contributed by atoms with E-state index in [1.807, 2.05) is 36.4 Å². The Morgan fingerprint density at radius 3 is 2.14 bits per heavy atom. The van der Waals surface area contributed by atoms with E-state index in [1.165, 1.54) is 0 Å². The molecule has 2 aromatic rings. The van der Waals surface area contributed by atoms with Crippen LogP contribution in [0.5, 0.6) is 0 Å². The van der Waals surface area contributed by atoms with Gasteiger partial charge in [-0.15, -0.1) is 0 Å². The van der Waals surface area contributed by atoms with Crippen LogP contribution in [0.1, 0.15) is 22.3 Å². The Bertz CT molecular complexity index is 613. The zero-order valence-electron chi connectivity index (χ0n) is 12.0. The first-order valence-electron chi connectivity index (χ1n) is 6.92. The minimum Gasteiger partial charge on any atom is -0.481 e. The van der Waals surface area contributed by atoms with E-state index in [1.54, 1.807) is 24.3 Å². The highest BCUT2D eigenvalue weighted by Crippen LogP contribution is 2.09. The zero-order valence-corrected chi connectivity index (χ0v) is 12.0. The number of carboxylic acids is 1. The predicted molar refractivity (Wildman–Crippen MR) is 81.0 cm³/mol. The lowest BCUT2D eigenvalue weighted by molar-refractivity contribution is -0.148. The molecular formula is C17H17NO4. The highest BCUT2D eigenvalue weighted by Gasteiger charge is 2.17. The SMILES string of the molecule is O=C(O)CCN(OCc1ccccc1)C(=O)c1ccccc1. The van der Waals surface area contributed by atoms with Crippen LogP contribution in [-0.2, 0) is 16.2 Å². The number of nitrogens with zero attached hydrogens (tertiary/aromatic N) is 1. The Morgan fingerprint density at radius 2 is 1.55 bits per heavy atom. The van der Waals surface area contributed by atoms with Gasteiger partial charge in [0.1, 0.15) is 6.61 Å². The molecule has 0 saturated carbocycles. The van der Waals surface area contributed by atoms with Gasteiger partial charge >= 0.3 is 5.97 Å². The van der Waals surface area contributed by atoms with Crippen molar-refractivity contribution in [2.45, 2.75) is 13.0 Å². The Labute approximate surface area is 128 Å². The number of amides is 1. The van der Waals surface area contributed by atoms with Crippen LogP contribution in [0.2, 0.25) is 0 Å². The maximum Gasteiger partial charge on any atom is 0.305 e. The van der Waals surface area contributed by atoms with Crippen molar-refractivity contribution in [1.82, 2.24) is 5.06 Å². The van der Waals surface area contributed by atoms with E-state index in [9.17, 15) is 9.59 Å². The van der Waals surface area contributed by atoms with Crippen LogP contribution in [0, 0.1) is 0 Å². The Hall–Kier alpha value is -2.66. The van der Waals surface area contributed by atoms with Gasteiger partial charge in [0, 0.05) is 5.56 Å². The first-order valence-corrected chi connectivity index (χ1v) is 6.92. The monoisotopic (exact) mass is 299 g/mol. The number of hydroxylamine groups is 2. The lowest BCUT2D eigenvalue weighted by Gasteiger charge is -2.21. The highest BCUT2D eigenvalue weighted by molar-refractivity contribution is 5.93. The number of hydrogen-bond donors (Lipinski definition) is 1. The van der Waals surface area contributed by atoms with Crippen LogP contribution < -0.4 is 0 Å². The van der Waals surface area contributed by atoms with E-state index >= 15 is 0 Å². The molecule has 5 nitrogen and oxygen atoms in total. The molecule has 1 amide bonds. The molecule has 0 spiro atoms. The highest BCUT2D eigenvalue weighted by atomic mass is 16.7. The summed E-state index contributed by atoms with van der Waals surface area (Å²) in [4.78, 5) is 28.6. The third kappa shape index (κ3) is 4.71. The molecule has 0 saturated heterocycles. The summed E-state index contributed by atoms with van der Waals surface area (Å²) in [6.45, 7) is 0.203. The van der Waals surface area contributed by atoms with E-state index in [2.05, 4.69) is 0 Å². The molecule has 0 heterocycles. The maximum atomic E-state index is 12.4. The fourth-order valence-electron chi connectivity index (χ4n) is 1.87. The van der Waals surface area contributed by atoms with Gasteiger partial charge in [-0.1, -0.05) is 48.5 Å². The second-order valence-corrected chi connectivity index (χ2v) is 4.68. The molecule has 0 aliphatic carbocycles. The number of carboxylic acid groups (broad SMARTS) is 1. The first-order chi connectivity index (χ1) is 10.7. The standard InChI is InChI=1S/C17H17NO4/c19-16(20)11-12-18(17(21)15-9-5-2-6-10-15)22-13-14-7-3-1-4-8-14/h1-10H,11-13H2,(H,19,20). The summed E-state index contributed by atoms with van der Waals surface area (Å²) in [6, 6.07) is 18.0. The minimum atomic E-state index is -0.978. The van der Waals surface area contributed by atoms with Gasteiger partial charge in [-0.3, -0.25) is 14.4 Å². The van der Waals surface area contributed by atoms with E-state index in [-0.39, 0.29) is 25.5 Å². The van der Waals surface area contributed by atoms with Crippen molar-refractivity contribution in [3.05, 3.63) is 71.8 Å². The van der Waals surface area contributed by atoms with Crippen LogP contribution >= 0.6 is 0 Å². The van der Waals surface area contributed by atoms with Crippen LogP contribution in [0.25, 0.3) is 0 Å². The Balaban J connectivity index is 2.05. The van der Waals surface area contributed by atoms with Gasteiger partial charge in [0.25, 0.3) is 5.91 Å². The molecule has 0 unspecified atom stereocenters. The van der Waals surface area contributed by atoms with Crippen LogP contribution in [0.4, 0.5) is 0 Å². The molecule has 0 radical (unpaired) electrons. The molecule has 5 heteroatoms. The second-order valence-electron chi connectivity index (χ2n) is 4.68. The third-order valence-electron chi connectivity index (χ3n) is 3.01. The van der Waals surface area contributed by atoms with Gasteiger partial charge in [0.15, 0.2) is 0 Å². The molecule has 1 N–H and O–H groups in total. The van der Waals surface area contributed by atoms with Gasteiger partial charge in [0.2, 0.25) is 0 Å². The normalized spacial score (nSPS) is 10.2. The van der Waals surface area contributed by atoms with Crippen molar-refractivity contribution in [2.24, 2.45) is 0 Å². The molecule has 2 rings (SSSR count). The van der Waals surface area contributed by atoms with Crippen molar-refractivity contribution >= 4 is 11.9 Å². The van der Waals surface area contributed by atoms with Crippen LogP contribution in [0.15, 0.2) is 60.7 Å². The fraction of sp³-hybridized carbons (Fsp3) is 0.176. The minimum absolute atomic E-state index is 0.00407. The molecular weight excluding hydrogens is 282 g/mol. The van der Waals surface area contributed by atoms with E-state index in [4.69, 9.17) is 9.94 Å². The largest absolute Gasteiger partial charge is 0.481 e. The van der Waals surface area contributed by atoms with E-state index in [0.29, 0.717) is 5.56 Å². The quantitative estimate of drug-likeness (QED) is 0.798. The molecule has 0 aliphatic heterocycles. The molecule has 0 fully saturated rings. The average molecular weight is 299 g/mol. The van der Waals surface area contributed by atoms with Gasteiger partial charge in [-0.05, 0) is 17.7 Å². The maximum absolute atomic E-state index is 12.4. The number of rotatable bonds is 7. The summed E-state index contributed by atoms with van der Waals surface area (Å²) < 4.78 is 0. The number of carbonyl (C=O) groups is 2. The van der Waals surface area contributed by atoms with Gasteiger partial charge in [-0.2, -0.15) is 0 Å². The van der Waals surface area contributed by atoms with Gasteiger partial charge in [0.05, 0.1) is 13.0 Å². The van der Waals surface area contributed by atoms with Crippen molar-refractivity contribution in [1.29, 1.82) is 0 Å². The predicted octanol–water partition coefficient (Wildman–Crippen LogP) is 2.74. The molecule has 0 bridgehead atoms. The lowest BCUT2D eigenvalue weighted by atomic mass is 10.2. The second kappa shape index (κ2) is 7.95. The molecule has 22 heavy (non-hydrogen) atoms. The first kappa shape index (κ1) is 15.7. The van der Waals surface area contributed by atoms with Crippen molar-refractivity contribution in [3.63, 3.8) is 0 Å². The van der Waals surface area contributed by atoms with E-state index < -0.39 is 5.97 Å². The molecule has 0 aliphatic rings. The number of hydrogen-bond acceptors (Lipinski definition) is 3. The topological polar surface area (TPSA) is 66.8 Å². The fourth-order valence-corrected chi connectivity index (χ4v) is 1.87.